The number of rotatable bonds is 6. The van der Waals surface area contributed by atoms with E-state index in [0.29, 0.717) is 17.3 Å². The van der Waals surface area contributed by atoms with Crippen LogP contribution in [0, 0.1) is 0 Å². The van der Waals surface area contributed by atoms with E-state index in [1.807, 2.05) is 36.4 Å². The summed E-state index contributed by atoms with van der Waals surface area (Å²) < 4.78 is 10.9. The third-order valence-corrected chi connectivity index (χ3v) is 2.98. The number of nitrogens with one attached hydrogen (secondary N) is 1. The molecule has 0 spiro atoms. The van der Waals surface area contributed by atoms with Crippen molar-refractivity contribution in [2.75, 3.05) is 13.7 Å². The van der Waals surface area contributed by atoms with Gasteiger partial charge >= 0.3 is 0 Å². The van der Waals surface area contributed by atoms with E-state index in [2.05, 4.69) is 11.9 Å². The van der Waals surface area contributed by atoms with Crippen LogP contribution < -0.4 is 10.1 Å². The van der Waals surface area contributed by atoms with Crippen LogP contribution in [0.25, 0.3) is 11.3 Å². The molecule has 0 saturated carbocycles. The fourth-order valence-corrected chi connectivity index (χ4v) is 2.00. The van der Waals surface area contributed by atoms with Gasteiger partial charge < -0.3 is 14.5 Å². The highest BCUT2D eigenvalue weighted by Crippen LogP contribution is 2.30. The van der Waals surface area contributed by atoms with E-state index < -0.39 is 0 Å². The van der Waals surface area contributed by atoms with E-state index in [0.717, 1.165) is 23.6 Å². The van der Waals surface area contributed by atoms with Gasteiger partial charge in [0.2, 0.25) is 0 Å². The third kappa shape index (κ3) is 3.40. The Kier molecular flexibility index (Phi) is 4.66. The fraction of sp³-hybridized carbons (Fsp3) is 0.200. The smallest absolute Gasteiger partial charge is 0.137 e. The number of methoxy groups -OCH3 is 1. The van der Waals surface area contributed by atoms with Crippen LogP contribution in [0.15, 0.2) is 47.4 Å². The number of halogens is 1. The second-order valence-electron chi connectivity index (χ2n) is 4.03. The maximum absolute atomic E-state index is 6.10. The highest BCUT2D eigenvalue weighted by Gasteiger charge is 2.07. The number of hydrogen-bond donors (Lipinski definition) is 1. The number of furan rings is 1. The Balaban J connectivity index is 2.13. The highest BCUT2D eigenvalue weighted by atomic mass is 35.5. The molecule has 0 amide bonds. The Labute approximate surface area is 117 Å². The van der Waals surface area contributed by atoms with E-state index in [1.54, 1.807) is 7.11 Å². The standard InChI is InChI=1S/C15H16ClNO2/c1-3-8-17-10-12-5-7-14(19-12)11-4-6-15(18-2)13(16)9-11/h3-7,9,17H,1,8,10H2,2H3. The third-order valence-electron chi connectivity index (χ3n) is 2.69. The lowest BCUT2D eigenvalue weighted by Crippen LogP contribution is -2.11. The Morgan fingerprint density at radius 1 is 1.37 bits per heavy atom. The molecular weight excluding hydrogens is 262 g/mol. The molecule has 2 aromatic rings. The van der Waals surface area contributed by atoms with Gasteiger partial charge in [-0.1, -0.05) is 17.7 Å². The summed E-state index contributed by atoms with van der Waals surface area (Å²) in [5.41, 5.74) is 0.931. The molecule has 0 bridgehead atoms. The minimum atomic E-state index is 0.572. The van der Waals surface area contributed by atoms with Crippen LogP contribution in [0.2, 0.25) is 5.02 Å². The largest absolute Gasteiger partial charge is 0.495 e. The molecule has 0 aliphatic heterocycles. The van der Waals surface area contributed by atoms with E-state index in [1.165, 1.54) is 0 Å². The van der Waals surface area contributed by atoms with Crippen LogP contribution in [-0.4, -0.2) is 13.7 Å². The molecule has 0 aliphatic carbocycles. The molecule has 0 aliphatic rings. The lowest BCUT2D eigenvalue weighted by Gasteiger charge is -2.04. The van der Waals surface area contributed by atoms with Gasteiger partial charge in [-0.15, -0.1) is 6.58 Å². The van der Waals surface area contributed by atoms with E-state index in [4.69, 9.17) is 20.8 Å². The molecule has 4 heteroatoms. The first kappa shape index (κ1) is 13.7. The minimum Gasteiger partial charge on any atom is -0.495 e. The summed E-state index contributed by atoms with van der Waals surface area (Å²) in [4.78, 5) is 0. The van der Waals surface area contributed by atoms with Crippen LogP contribution in [0.1, 0.15) is 5.76 Å². The summed E-state index contributed by atoms with van der Waals surface area (Å²) in [5.74, 6) is 2.33. The number of hydrogen-bond acceptors (Lipinski definition) is 3. The Bertz CT molecular complexity index is 563. The lowest BCUT2D eigenvalue weighted by molar-refractivity contribution is 0.415. The average Bonchev–Trinajstić information content (AvgIpc) is 2.88. The van der Waals surface area contributed by atoms with Crippen molar-refractivity contribution in [3.63, 3.8) is 0 Å². The van der Waals surface area contributed by atoms with Crippen molar-refractivity contribution in [3.05, 3.63) is 53.8 Å². The number of benzene rings is 1. The van der Waals surface area contributed by atoms with Gasteiger partial charge in [0, 0.05) is 12.1 Å². The average molecular weight is 278 g/mol. The predicted molar refractivity (Wildman–Crippen MR) is 77.6 cm³/mol. The second kappa shape index (κ2) is 6.45. The van der Waals surface area contributed by atoms with Crippen LogP contribution in [0.5, 0.6) is 5.75 Å². The molecule has 0 radical (unpaired) electrons. The molecule has 1 heterocycles. The predicted octanol–water partition coefficient (Wildman–Crippen LogP) is 3.88. The van der Waals surface area contributed by atoms with Gasteiger partial charge in [0.15, 0.2) is 0 Å². The minimum absolute atomic E-state index is 0.572. The monoisotopic (exact) mass is 277 g/mol. The van der Waals surface area contributed by atoms with Crippen molar-refractivity contribution in [2.45, 2.75) is 6.54 Å². The van der Waals surface area contributed by atoms with E-state index in [9.17, 15) is 0 Å². The Morgan fingerprint density at radius 3 is 2.89 bits per heavy atom. The molecule has 1 aromatic heterocycles. The first-order valence-electron chi connectivity index (χ1n) is 5.99. The zero-order valence-corrected chi connectivity index (χ0v) is 11.5. The molecule has 100 valence electrons. The van der Waals surface area contributed by atoms with Gasteiger partial charge in [-0.25, -0.2) is 0 Å². The fourth-order valence-electron chi connectivity index (χ4n) is 1.75. The Morgan fingerprint density at radius 2 is 2.21 bits per heavy atom. The first-order chi connectivity index (χ1) is 9.24. The van der Waals surface area contributed by atoms with Gasteiger partial charge in [0.25, 0.3) is 0 Å². The summed E-state index contributed by atoms with van der Waals surface area (Å²) in [6.07, 6.45) is 1.81. The quantitative estimate of drug-likeness (QED) is 0.643. The van der Waals surface area contributed by atoms with Crippen LogP contribution in [0.4, 0.5) is 0 Å². The lowest BCUT2D eigenvalue weighted by atomic mass is 10.2. The van der Waals surface area contributed by atoms with Gasteiger partial charge in [-0.05, 0) is 30.3 Å². The molecule has 0 saturated heterocycles. The molecule has 0 atom stereocenters. The molecule has 3 nitrogen and oxygen atoms in total. The summed E-state index contributed by atoms with van der Waals surface area (Å²) in [6.45, 7) is 5.08. The molecule has 2 rings (SSSR count). The van der Waals surface area contributed by atoms with Crippen molar-refractivity contribution in [1.29, 1.82) is 0 Å². The SMILES string of the molecule is C=CCNCc1ccc(-c2ccc(OC)c(Cl)c2)o1. The summed E-state index contributed by atoms with van der Waals surface area (Å²) in [5, 5.41) is 3.76. The molecule has 1 N–H and O–H groups in total. The topological polar surface area (TPSA) is 34.4 Å². The van der Waals surface area contributed by atoms with E-state index >= 15 is 0 Å². The van der Waals surface area contributed by atoms with Crippen molar-refractivity contribution < 1.29 is 9.15 Å². The van der Waals surface area contributed by atoms with Crippen LogP contribution in [-0.2, 0) is 6.54 Å². The zero-order chi connectivity index (χ0) is 13.7. The molecule has 1 aromatic carbocycles. The summed E-state index contributed by atoms with van der Waals surface area (Å²) in [7, 11) is 1.59. The maximum Gasteiger partial charge on any atom is 0.137 e. The van der Waals surface area contributed by atoms with Crippen LogP contribution >= 0.6 is 11.6 Å². The molecular formula is C15H16ClNO2. The zero-order valence-electron chi connectivity index (χ0n) is 10.8. The van der Waals surface area contributed by atoms with Crippen LogP contribution in [0.3, 0.4) is 0 Å². The van der Waals surface area contributed by atoms with Crippen molar-refractivity contribution in [3.8, 4) is 17.1 Å². The van der Waals surface area contributed by atoms with Gasteiger partial charge in [0.05, 0.1) is 18.7 Å². The summed E-state index contributed by atoms with van der Waals surface area (Å²) >= 11 is 6.10. The maximum atomic E-state index is 6.10. The molecule has 0 fully saturated rings. The van der Waals surface area contributed by atoms with Gasteiger partial charge in [0.1, 0.15) is 17.3 Å². The molecule has 0 unspecified atom stereocenters. The van der Waals surface area contributed by atoms with Crippen molar-refractivity contribution in [2.24, 2.45) is 0 Å². The first-order valence-corrected chi connectivity index (χ1v) is 6.36. The van der Waals surface area contributed by atoms with E-state index in [-0.39, 0.29) is 0 Å². The van der Waals surface area contributed by atoms with Crippen molar-refractivity contribution in [1.82, 2.24) is 5.32 Å². The molecule has 19 heavy (non-hydrogen) atoms. The van der Waals surface area contributed by atoms with Gasteiger partial charge in [-0.3, -0.25) is 0 Å². The van der Waals surface area contributed by atoms with Gasteiger partial charge in [-0.2, -0.15) is 0 Å². The highest BCUT2D eigenvalue weighted by molar-refractivity contribution is 6.32. The van der Waals surface area contributed by atoms with Crippen molar-refractivity contribution >= 4 is 11.6 Å². The normalized spacial score (nSPS) is 10.4. The second-order valence-corrected chi connectivity index (χ2v) is 4.44. The Hall–Kier alpha value is -1.71. The number of ether oxygens (including phenoxy) is 1. The summed E-state index contributed by atoms with van der Waals surface area (Å²) in [6, 6.07) is 9.47.